The van der Waals surface area contributed by atoms with Crippen LogP contribution in [0.2, 0.25) is 0 Å². The number of aliphatic hydroxyl groups excluding tert-OH is 1. The maximum Gasteiger partial charge on any atom is 0.230 e. The monoisotopic (exact) mass is 281 g/mol. The van der Waals surface area contributed by atoms with Crippen molar-refractivity contribution in [3.63, 3.8) is 0 Å². The van der Waals surface area contributed by atoms with Crippen LogP contribution in [0.25, 0.3) is 0 Å². The SMILES string of the molecule is CN1CC(c2ccccc2)C(c2cccc(CO)c2)C1=O. The van der Waals surface area contributed by atoms with Gasteiger partial charge in [-0.15, -0.1) is 0 Å². The normalized spacial score (nSPS) is 21.8. The number of carbonyl (C=O) groups excluding carboxylic acids is 1. The van der Waals surface area contributed by atoms with Gasteiger partial charge in [-0.3, -0.25) is 4.79 Å². The fourth-order valence-corrected chi connectivity index (χ4v) is 3.16. The molecule has 1 aliphatic heterocycles. The highest BCUT2D eigenvalue weighted by Crippen LogP contribution is 2.40. The Balaban J connectivity index is 2.02. The third-order valence-corrected chi connectivity index (χ3v) is 4.24. The van der Waals surface area contributed by atoms with Crippen molar-refractivity contribution in [2.45, 2.75) is 18.4 Å². The molecule has 1 saturated heterocycles. The Morgan fingerprint density at radius 2 is 1.81 bits per heavy atom. The second kappa shape index (κ2) is 5.70. The van der Waals surface area contributed by atoms with Crippen LogP contribution in [0.3, 0.4) is 0 Å². The maximum absolute atomic E-state index is 12.6. The number of rotatable bonds is 3. The third kappa shape index (κ3) is 2.57. The Hall–Kier alpha value is -2.13. The Labute approximate surface area is 124 Å². The van der Waals surface area contributed by atoms with Gasteiger partial charge in [0.15, 0.2) is 0 Å². The van der Waals surface area contributed by atoms with Crippen LogP contribution in [0.5, 0.6) is 0 Å². The van der Waals surface area contributed by atoms with E-state index in [1.165, 1.54) is 5.56 Å². The number of carbonyl (C=O) groups is 1. The van der Waals surface area contributed by atoms with E-state index in [0.29, 0.717) is 0 Å². The molecule has 0 aliphatic carbocycles. The molecule has 108 valence electrons. The zero-order valence-electron chi connectivity index (χ0n) is 12.1. The quantitative estimate of drug-likeness (QED) is 0.939. The maximum atomic E-state index is 12.6. The summed E-state index contributed by atoms with van der Waals surface area (Å²) in [5.74, 6) is 0.153. The predicted octanol–water partition coefficient (Wildman–Crippen LogP) is 2.52. The summed E-state index contributed by atoms with van der Waals surface area (Å²) in [6, 6.07) is 17.9. The summed E-state index contributed by atoms with van der Waals surface area (Å²) in [4.78, 5) is 14.4. The molecule has 3 nitrogen and oxygen atoms in total. The second-order valence-corrected chi connectivity index (χ2v) is 5.62. The van der Waals surface area contributed by atoms with E-state index >= 15 is 0 Å². The molecule has 1 fully saturated rings. The molecule has 1 N–H and O–H groups in total. The summed E-state index contributed by atoms with van der Waals surface area (Å²) in [5, 5.41) is 9.31. The van der Waals surface area contributed by atoms with Gasteiger partial charge >= 0.3 is 0 Å². The molecule has 0 aromatic heterocycles. The van der Waals surface area contributed by atoms with Crippen molar-refractivity contribution < 1.29 is 9.90 Å². The zero-order chi connectivity index (χ0) is 14.8. The van der Waals surface area contributed by atoms with Gasteiger partial charge in [-0.05, 0) is 16.7 Å². The number of benzene rings is 2. The van der Waals surface area contributed by atoms with Gasteiger partial charge in [-0.25, -0.2) is 0 Å². The van der Waals surface area contributed by atoms with Crippen LogP contribution < -0.4 is 0 Å². The van der Waals surface area contributed by atoms with E-state index in [1.54, 1.807) is 4.90 Å². The molecule has 2 aromatic rings. The number of aliphatic hydroxyl groups is 1. The molecule has 1 heterocycles. The zero-order valence-corrected chi connectivity index (χ0v) is 12.1. The first-order chi connectivity index (χ1) is 10.2. The standard InChI is InChI=1S/C18H19NO2/c1-19-11-16(14-7-3-2-4-8-14)17(18(19)21)15-9-5-6-13(10-15)12-20/h2-10,16-17,20H,11-12H2,1H3. The van der Waals surface area contributed by atoms with Crippen LogP contribution in [-0.2, 0) is 11.4 Å². The molecule has 1 aliphatic rings. The first kappa shape index (κ1) is 13.8. The molecular formula is C18H19NO2. The number of nitrogens with zero attached hydrogens (tertiary/aromatic N) is 1. The van der Waals surface area contributed by atoms with Gasteiger partial charge in [0, 0.05) is 19.5 Å². The minimum Gasteiger partial charge on any atom is -0.392 e. The summed E-state index contributed by atoms with van der Waals surface area (Å²) in [5.41, 5.74) is 3.03. The van der Waals surface area contributed by atoms with Gasteiger partial charge in [0.2, 0.25) is 5.91 Å². The smallest absolute Gasteiger partial charge is 0.230 e. The molecule has 0 saturated carbocycles. The van der Waals surface area contributed by atoms with Crippen LogP contribution in [0, 0.1) is 0 Å². The number of likely N-dealkylation sites (tertiary alicyclic amines) is 1. The number of likely N-dealkylation sites (N-methyl/N-ethyl adjacent to an activating group) is 1. The molecule has 0 spiro atoms. The van der Waals surface area contributed by atoms with Crippen LogP contribution in [0.15, 0.2) is 54.6 Å². The number of amides is 1. The van der Waals surface area contributed by atoms with E-state index in [-0.39, 0.29) is 24.3 Å². The highest BCUT2D eigenvalue weighted by atomic mass is 16.3. The highest BCUT2D eigenvalue weighted by molar-refractivity contribution is 5.87. The fraction of sp³-hybridized carbons (Fsp3) is 0.278. The Morgan fingerprint density at radius 1 is 1.10 bits per heavy atom. The van der Waals surface area contributed by atoms with Gasteiger partial charge < -0.3 is 10.0 Å². The van der Waals surface area contributed by atoms with Crippen molar-refractivity contribution in [3.05, 3.63) is 71.3 Å². The van der Waals surface area contributed by atoms with Crippen LogP contribution >= 0.6 is 0 Å². The topological polar surface area (TPSA) is 40.5 Å². The van der Waals surface area contributed by atoms with Crippen molar-refractivity contribution >= 4 is 5.91 Å². The lowest BCUT2D eigenvalue weighted by Gasteiger charge is -2.18. The Bertz CT molecular complexity index is 639. The lowest BCUT2D eigenvalue weighted by Crippen LogP contribution is -2.21. The fourth-order valence-electron chi connectivity index (χ4n) is 3.16. The van der Waals surface area contributed by atoms with Gasteiger partial charge in [-0.2, -0.15) is 0 Å². The van der Waals surface area contributed by atoms with Crippen molar-refractivity contribution in [1.82, 2.24) is 4.90 Å². The predicted molar refractivity (Wildman–Crippen MR) is 81.9 cm³/mol. The van der Waals surface area contributed by atoms with E-state index < -0.39 is 0 Å². The van der Waals surface area contributed by atoms with Gasteiger partial charge in [0.25, 0.3) is 0 Å². The largest absolute Gasteiger partial charge is 0.392 e. The van der Waals surface area contributed by atoms with Crippen molar-refractivity contribution in [1.29, 1.82) is 0 Å². The number of hydrogen-bond acceptors (Lipinski definition) is 2. The average Bonchev–Trinajstić information content (AvgIpc) is 2.84. The third-order valence-electron chi connectivity index (χ3n) is 4.24. The molecule has 3 rings (SSSR count). The Morgan fingerprint density at radius 3 is 2.52 bits per heavy atom. The second-order valence-electron chi connectivity index (χ2n) is 5.62. The number of hydrogen-bond donors (Lipinski definition) is 1. The summed E-state index contributed by atoms with van der Waals surface area (Å²) in [7, 11) is 1.86. The van der Waals surface area contributed by atoms with Gasteiger partial charge in [0.05, 0.1) is 12.5 Å². The summed E-state index contributed by atoms with van der Waals surface area (Å²) >= 11 is 0. The van der Waals surface area contributed by atoms with Gasteiger partial charge in [0.1, 0.15) is 0 Å². The van der Waals surface area contributed by atoms with Crippen LogP contribution in [-0.4, -0.2) is 29.5 Å². The summed E-state index contributed by atoms with van der Waals surface area (Å²) < 4.78 is 0. The highest BCUT2D eigenvalue weighted by Gasteiger charge is 2.40. The van der Waals surface area contributed by atoms with Crippen molar-refractivity contribution in [3.8, 4) is 0 Å². The molecular weight excluding hydrogens is 262 g/mol. The van der Waals surface area contributed by atoms with Gasteiger partial charge in [-0.1, -0.05) is 54.6 Å². The first-order valence-electron chi connectivity index (χ1n) is 7.20. The van der Waals surface area contributed by atoms with E-state index in [4.69, 9.17) is 0 Å². The van der Waals surface area contributed by atoms with Crippen molar-refractivity contribution in [2.24, 2.45) is 0 Å². The minimum atomic E-state index is -0.163. The Kier molecular flexibility index (Phi) is 3.76. The van der Waals surface area contributed by atoms with E-state index in [0.717, 1.165) is 17.7 Å². The van der Waals surface area contributed by atoms with Crippen LogP contribution in [0.4, 0.5) is 0 Å². The first-order valence-corrected chi connectivity index (χ1v) is 7.20. The average molecular weight is 281 g/mol. The van der Waals surface area contributed by atoms with Crippen LogP contribution in [0.1, 0.15) is 28.5 Å². The molecule has 2 unspecified atom stereocenters. The molecule has 2 atom stereocenters. The minimum absolute atomic E-state index is 0.000589. The van der Waals surface area contributed by atoms with Crippen molar-refractivity contribution in [2.75, 3.05) is 13.6 Å². The van der Waals surface area contributed by atoms with E-state index in [1.807, 2.05) is 49.5 Å². The van der Waals surface area contributed by atoms with E-state index in [9.17, 15) is 9.90 Å². The lowest BCUT2D eigenvalue weighted by atomic mass is 9.83. The summed E-state index contributed by atoms with van der Waals surface area (Å²) in [6.45, 7) is 0.734. The van der Waals surface area contributed by atoms with E-state index in [2.05, 4.69) is 12.1 Å². The molecule has 0 bridgehead atoms. The molecule has 1 amide bonds. The molecule has 3 heteroatoms. The lowest BCUT2D eigenvalue weighted by molar-refractivity contribution is -0.127. The molecule has 21 heavy (non-hydrogen) atoms. The molecule has 2 aromatic carbocycles. The summed E-state index contributed by atoms with van der Waals surface area (Å²) in [6.07, 6.45) is 0. The molecule has 0 radical (unpaired) electrons.